The summed E-state index contributed by atoms with van der Waals surface area (Å²) in [6, 6.07) is 47.6. The first-order valence-electron chi connectivity index (χ1n) is 15.2. The number of carbonyl (C=O) groups excluding carboxylic acids is 1. The number of carbonyl (C=O) groups is 1. The number of rotatable bonds is 13. The zero-order chi connectivity index (χ0) is 32.4. The second kappa shape index (κ2) is 15.1. The highest BCUT2D eigenvalue weighted by Crippen LogP contribution is 2.47. The van der Waals surface area contributed by atoms with Crippen LogP contribution in [0.1, 0.15) is 18.4 Å². The number of ether oxygens (including phenoxy) is 1. The van der Waals surface area contributed by atoms with Gasteiger partial charge < -0.3 is 4.74 Å². The zero-order valence-corrected chi connectivity index (χ0v) is 27.4. The summed E-state index contributed by atoms with van der Waals surface area (Å²) in [6.07, 6.45) is 1.59. The molecule has 0 saturated carbocycles. The van der Waals surface area contributed by atoms with E-state index in [4.69, 9.17) is 4.74 Å². The Bertz CT molecular complexity index is 1850. The van der Waals surface area contributed by atoms with Gasteiger partial charge in [0, 0.05) is 5.92 Å². The molecule has 7 heteroatoms. The standard InChI is InChI=1S/C39H36NO4PS/c1-44-33-25-27-37(28-26-33)46(42,43)30-32(18-14-17-31-15-6-2-7-16-31)39(41)38(29-40)45(34-19-8-3-9-20-34,35-21-10-4-11-22-35)36-23-12-5-13-24-36/h2-13,15-16,19-28,32H,14,17-18,30H2,1H3. The van der Waals surface area contributed by atoms with Gasteiger partial charge in [0.2, 0.25) is 0 Å². The van der Waals surface area contributed by atoms with Crippen LogP contribution < -0.4 is 20.7 Å². The Kier molecular flexibility index (Phi) is 10.7. The fourth-order valence-electron chi connectivity index (χ4n) is 5.91. The second-order valence-electron chi connectivity index (χ2n) is 11.0. The molecule has 0 spiro atoms. The first-order valence-corrected chi connectivity index (χ1v) is 18.6. The molecular formula is C39H36NO4PS. The lowest BCUT2D eigenvalue weighted by atomic mass is 9.96. The maximum absolute atomic E-state index is 15.0. The lowest BCUT2D eigenvalue weighted by Crippen LogP contribution is -2.37. The van der Waals surface area contributed by atoms with E-state index >= 15 is 0 Å². The van der Waals surface area contributed by atoms with Crippen molar-refractivity contribution in [2.75, 3.05) is 12.9 Å². The van der Waals surface area contributed by atoms with Crippen LogP contribution in [-0.2, 0) is 21.1 Å². The third kappa shape index (κ3) is 7.07. The highest BCUT2D eigenvalue weighted by Gasteiger charge is 2.37. The Morgan fingerprint density at radius 2 is 1.17 bits per heavy atom. The number of benzene rings is 5. The zero-order valence-electron chi connectivity index (χ0n) is 25.7. The molecule has 5 aromatic carbocycles. The summed E-state index contributed by atoms with van der Waals surface area (Å²) in [5.41, 5.74) is 1.11. The maximum Gasteiger partial charge on any atom is 0.179 e. The van der Waals surface area contributed by atoms with Gasteiger partial charge >= 0.3 is 0 Å². The Hall–Kier alpha value is -4.69. The largest absolute Gasteiger partial charge is 0.497 e. The van der Waals surface area contributed by atoms with E-state index in [0.717, 1.165) is 21.5 Å². The minimum absolute atomic E-state index is 0.103. The third-order valence-corrected chi connectivity index (χ3v) is 14.2. The van der Waals surface area contributed by atoms with Crippen LogP contribution in [-0.4, -0.2) is 32.4 Å². The highest BCUT2D eigenvalue weighted by molar-refractivity contribution is 7.97. The van der Waals surface area contributed by atoms with Gasteiger partial charge in [-0.1, -0.05) is 121 Å². The molecule has 0 bridgehead atoms. The van der Waals surface area contributed by atoms with Gasteiger partial charge in [-0.3, -0.25) is 4.79 Å². The minimum atomic E-state index is -3.89. The molecule has 0 aliphatic rings. The molecular weight excluding hydrogens is 609 g/mol. The van der Waals surface area contributed by atoms with Crippen LogP contribution in [0.5, 0.6) is 5.75 Å². The number of aryl methyl sites for hydroxylation is 1. The van der Waals surface area contributed by atoms with E-state index in [0.29, 0.717) is 25.0 Å². The fraction of sp³-hybridized carbons (Fsp3) is 0.154. The summed E-state index contributed by atoms with van der Waals surface area (Å²) in [5.74, 6) is -1.22. The van der Waals surface area contributed by atoms with Gasteiger partial charge in [-0.15, -0.1) is 0 Å². The lowest BCUT2D eigenvalue weighted by Gasteiger charge is -2.31. The number of sulfone groups is 1. The fourth-order valence-corrected chi connectivity index (χ4v) is 11.7. The van der Waals surface area contributed by atoms with Gasteiger partial charge in [0.05, 0.1) is 17.8 Å². The van der Waals surface area contributed by atoms with Crippen molar-refractivity contribution in [2.24, 2.45) is 5.92 Å². The minimum Gasteiger partial charge on any atom is -0.497 e. The van der Waals surface area contributed by atoms with E-state index in [9.17, 15) is 18.5 Å². The van der Waals surface area contributed by atoms with Crippen molar-refractivity contribution >= 4 is 43.7 Å². The van der Waals surface area contributed by atoms with Gasteiger partial charge in [0.25, 0.3) is 0 Å². The molecule has 0 aliphatic heterocycles. The number of nitriles is 1. The molecule has 5 rings (SSSR count). The van der Waals surface area contributed by atoms with E-state index in [2.05, 4.69) is 6.07 Å². The highest BCUT2D eigenvalue weighted by atomic mass is 32.2. The SMILES string of the molecule is COc1ccc(S(=O)(=O)CC(CCCc2ccccc2)C(=O)C(C#N)=P(c2ccccc2)(c2ccccc2)c2ccccc2)cc1. The van der Waals surface area contributed by atoms with Gasteiger partial charge in [-0.05, 0) is 71.9 Å². The van der Waals surface area contributed by atoms with Crippen LogP contribution >= 0.6 is 6.89 Å². The number of nitrogens with zero attached hydrogens (tertiary/aromatic N) is 1. The van der Waals surface area contributed by atoms with Gasteiger partial charge in [0.1, 0.15) is 17.1 Å². The Morgan fingerprint density at radius 3 is 1.61 bits per heavy atom. The summed E-state index contributed by atoms with van der Waals surface area (Å²) in [5, 5.41) is 13.7. The van der Waals surface area contributed by atoms with E-state index in [1.807, 2.05) is 121 Å². The molecule has 5 nitrogen and oxygen atoms in total. The van der Waals surface area contributed by atoms with Crippen LogP contribution in [0.25, 0.3) is 0 Å². The molecule has 46 heavy (non-hydrogen) atoms. The molecule has 5 aromatic rings. The van der Waals surface area contributed by atoms with E-state index in [-0.39, 0.29) is 10.2 Å². The number of hydrogen-bond acceptors (Lipinski definition) is 5. The summed E-state index contributed by atoms with van der Waals surface area (Å²) in [4.78, 5) is 15.1. The normalized spacial score (nSPS) is 12.1. The van der Waals surface area contributed by atoms with Crippen molar-refractivity contribution in [3.8, 4) is 11.8 Å². The average Bonchev–Trinajstić information content (AvgIpc) is 3.11. The summed E-state index contributed by atoms with van der Waals surface area (Å²) >= 11 is 0. The molecule has 0 saturated heterocycles. The predicted molar refractivity (Wildman–Crippen MR) is 189 cm³/mol. The first-order chi connectivity index (χ1) is 22.4. The van der Waals surface area contributed by atoms with E-state index in [1.165, 1.54) is 19.2 Å². The molecule has 0 fully saturated rings. The van der Waals surface area contributed by atoms with Crippen molar-refractivity contribution in [2.45, 2.75) is 24.2 Å². The van der Waals surface area contributed by atoms with Gasteiger partial charge in [0.15, 0.2) is 15.6 Å². The Balaban J connectivity index is 1.70. The van der Waals surface area contributed by atoms with Crippen molar-refractivity contribution < 1.29 is 17.9 Å². The second-order valence-corrected chi connectivity index (χ2v) is 16.4. The predicted octanol–water partition coefficient (Wildman–Crippen LogP) is 6.37. The first kappa shape index (κ1) is 32.7. The van der Waals surface area contributed by atoms with Crippen molar-refractivity contribution in [3.05, 3.63) is 151 Å². The summed E-state index contributed by atoms with van der Waals surface area (Å²) in [6.45, 7) is -3.02. The van der Waals surface area contributed by atoms with Crippen LogP contribution in [0.15, 0.2) is 150 Å². The van der Waals surface area contributed by atoms with Crippen LogP contribution in [0.4, 0.5) is 0 Å². The third-order valence-electron chi connectivity index (χ3n) is 8.18. The molecule has 0 amide bonds. The van der Waals surface area contributed by atoms with Crippen molar-refractivity contribution in [1.29, 1.82) is 5.26 Å². The molecule has 1 atom stereocenters. The number of methoxy groups -OCH3 is 1. The molecule has 0 aromatic heterocycles. The van der Waals surface area contributed by atoms with Crippen LogP contribution in [0, 0.1) is 17.2 Å². The van der Waals surface area contributed by atoms with Gasteiger partial charge in [-0.2, -0.15) is 5.26 Å². The Morgan fingerprint density at radius 1 is 0.717 bits per heavy atom. The average molecular weight is 646 g/mol. The monoisotopic (exact) mass is 645 g/mol. The molecule has 232 valence electrons. The molecule has 0 radical (unpaired) electrons. The molecule has 0 heterocycles. The maximum atomic E-state index is 15.0. The summed E-state index contributed by atoms with van der Waals surface area (Å²) < 4.78 is 33.0. The number of ketones is 1. The quantitative estimate of drug-likeness (QED) is 0.139. The van der Waals surface area contributed by atoms with E-state index < -0.39 is 34.2 Å². The molecule has 1 unspecified atom stereocenters. The molecule has 0 N–H and O–H groups in total. The topological polar surface area (TPSA) is 84.2 Å². The van der Waals surface area contributed by atoms with E-state index in [1.54, 1.807) is 12.1 Å². The smallest absolute Gasteiger partial charge is 0.179 e. The van der Waals surface area contributed by atoms with Crippen molar-refractivity contribution in [1.82, 2.24) is 0 Å². The van der Waals surface area contributed by atoms with Gasteiger partial charge in [-0.25, -0.2) is 8.42 Å². The van der Waals surface area contributed by atoms with Crippen LogP contribution in [0.2, 0.25) is 0 Å². The lowest BCUT2D eigenvalue weighted by molar-refractivity contribution is -0.115. The number of hydrogen-bond donors (Lipinski definition) is 0. The molecule has 0 aliphatic carbocycles. The summed E-state index contributed by atoms with van der Waals surface area (Å²) in [7, 11) is -2.37. The van der Waals surface area contributed by atoms with Crippen molar-refractivity contribution in [3.63, 3.8) is 0 Å². The van der Waals surface area contributed by atoms with Crippen LogP contribution in [0.3, 0.4) is 0 Å². The number of Topliss-reactive ketones (excluding diaryl/α,β-unsaturated/α-hetero) is 1. The Labute approximate surface area is 272 Å².